The van der Waals surface area contributed by atoms with Crippen molar-refractivity contribution in [2.24, 2.45) is 0 Å². The number of likely N-dealkylation sites (tertiary alicyclic amines) is 1. The molecule has 0 bridgehead atoms. The van der Waals surface area contributed by atoms with Crippen LogP contribution in [0.15, 0.2) is 54.7 Å². The van der Waals surface area contributed by atoms with Crippen LogP contribution in [0.5, 0.6) is 5.75 Å². The Kier molecular flexibility index (Phi) is 6.06. The van der Waals surface area contributed by atoms with Gasteiger partial charge in [-0.3, -0.25) is 4.98 Å². The van der Waals surface area contributed by atoms with Gasteiger partial charge in [-0.2, -0.15) is 0 Å². The van der Waals surface area contributed by atoms with E-state index in [0.29, 0.717) is 6.42 Å². The first-order chi connectivity index (χ1) is 14.3. The van der Waals surface area contributed by atoms with E-state index < -0.39 is 0 Å². The third kappa shape index (κ3) is 4.40. The molecule has 0 atom stereocenters. The number of para-hydroxylation sites is 1. The summed E-state index contributed by atoms with van der Waals surface area (Å²) in [6.07, 6.45) is 5.78. The summed E-state index contributed by atoms with van der Waals surface area (Å²) in [5.41, 5.74) is 4.27. The number of rotatable bonds is 7. The van der Waals surface area contributed by atoms with Crippen molar-refractivity contribution in [1.29, 1.82) is 0 Å². The maximum Gasteiger partial charge on any atom is 0.121 e. The van der Waals surface area contributed by atoms with Crippen LogP contribution < -0.4 is 10.1 Å². The van der Waals surface area contributed by atoms with Crippen LogP contribution in [0.2, 0.25) is 0 Å². The fraction of sp³-hybridized carbons (Fsp3) is 0.333. The summed E-state index contributed by atoms with van der Waals surface area (Å²) in [7, 11) is 1.95. The van der Waals surface area contributed by atoms with E-state index in [-0.39, 0.29) is 6.10 Å². The molecule has 5 nitrogen and oxygen atoms in total. The lowest BCUT2D eigenvalue weighted by Gasteiger charge is -2.31. The highest BCUT2D eigenvalue weighted by Crippen LogP contribution is 2.34. The Bertz CT molecular complexity index is 964. The van der Waals surface area contributed by atoms with Gasteiger partial charge in [0.25, 0.3) is 0 Å². The number of nitrogens with zero attached hydrogens (tertiary/aromatic N) is 2. The van der Waals surface area contributed by atoms with E-state index in [2.05, 4.69) is 33.4 Å². The van der Waals surface area contributed by atoms with Gasteiger partial charge in [-0.1, -0.05) is 30.3 Å². The molecule has 0 unspecified atom stereocenters. The molecule has 1 aliphatic rings. The Morgan fingerprint density at radius 3 is 2.62 bits per heavy atom. The van der Waals surface area contributed by atoms with Gasteiger partial charge in [0, 0.05) is 50.2 Å². The van der Waals surface area contributed by atoms with Gasteiger partial charge in [-0.15, -0.1) is 0 Å². The molecule has 29 heavy (non-hydrogen) atoms. The third-order valence-corrected chi connectivity index (χ3v) is 5.59. The molecule has 0 spiro atoms. The fourth-order valence-corrected chi connectivity index (χ4v) is 4.02. The van der Waals surface area contributed by atoms with Gasteiger partial charge in [0.05, 0.1) is 11.2 Å². The van der Waals surface area contributed by atoms with E-state index in [1.807, 2.05) is 43.6 Å². The molecule has 4 rings (SSSR count). The van der Waals surface area contributed by atoms with Crippen LogP contribution in [0.3, 0.4) is 0 Å². The van der Waals surface area contributed by atoms with Crippen LogP contribution in [0.25, 0.3) is 22.0 Å². The molecule has 2 aromatic carbocycles. The highest BCUT2D eigenvalue weighted by Gasteiger charge is 2.20. The molecular formula is C24H27N3O2. The lowest BCUT2D eigenvalue weighted by atomic mass is 10.0. The van der Waals surface area contributed by atoms with Gasteiger partial charge in [0.15, 0.2) is 0 Å². The van der Waals surface area contributed by atoms with Crippen molar-refractivity contribution >= 4 is 22.9 Å². The molecule has 2 heterocycles. The minimum Gasteiger partial charge on any atom is -0.490 e. The highest BCUT2D eigenvalue weighted by molar-refractivity contribution is 5.99. The van der Waals surface area contributed by atoms with E-state index in [0.717, 1.165) is 72.2 Å². The van der Waals surface area contributed by atoms with E-state index in [4.69, 9.17) is 4.74 Å². The molecule has 1 saturated heterocycles. The summed E-state index contributed by atoms with van der Waals surface area (Å²) in [4.78, 5) is 17.5. The van der Waals surface area contributed by atoms with E-state index in [9.17, 15) is 4.79 Å². The standard InChI is InChI=1S/C24H27N3O2/c1-25-24-21-5-2-3-6-23(21)26-17-22(24)18-7-9-19(10-8-18)29-20-11-14-27(15-12-20)13-4-16-28/h2-3,5-10,16-17,20H,4,11-15H2,1H3,(H,25,26). The Morgan fingerprint density at radius 2 is 1.90 bits per heavy atom. The smallest absolute Gasteiger partial charge is 0.121 e. The number of aldehydes is 1. The minimum atomic E-state index is 0.239. The number of carbonyl (C=O) groups excluding carboxylic acids is 1. The van der Waals surface area contributed by atoms with Gasteiger partial charge in [0.2, 0.25) is 0 Å². The number of benzene rings is 2. The predicted octanol–water partition coefficient (Wildman–Crippen LogP) is 4.38. The highest BCUT2D eigenvalue weighted by atomic mass is 16.5. The number of hydrogen-bond donors (Lipinski definition) is 1. The van der Waals surface area contributed by atoms with Crippen molar-refractivity contribution in [1.82, 2.24) is 9.88 Å². The summed E-state index contributed by atoms with van der Waals surface area (Å²) in [5.74, 6) is 0.903. The fourth-order valence-electron chi connectivity index (χ4n) is 4.02. The van der Waals surface area contributed by atoms with Crippen molar-refractivity contribution in [3.05, 3.63) is 54.7 Å². The number of fused-ring (bicyclic) bond motifs is 1. The monoisotopic (exact) mass is 389 g/mol. The normalized spacial score (nSPS) is 15.3. The molecule has 150 valence electrons. The number of carbonyl (C=O) groups is 1. The SMILES string of the molecule is CNc1c(-c2ccc(OC3CCN(CCC=O)CC3)cc2)cnc2ccccc12. The molecule has 0 radical (unpaired) electrons. The van der Waals surface area contributed by atoms with Crippen molar-refractivity contribution in [3.63, 3.8) is 0 Å². The molecule has 0 aliphatic carbocycles. The van der Waals surface area contributed by atoms with Gasteiger partial charge in [-0.25, -0.2) is 0 Å². The maximum absolute atomic E-state index is 10.5. The molecular weight excluding hydrogens is 362 g/mol. The van der Waals surface area contributed by atoms with Gasteiger partial charge in [0.1, 0.15) is 18.1 Å². The van der Waals surface area contributed by atoms with Gasteiger partial charge < -0.3 is 19.7 Å². The summed E-state index contributed by atoms with van der Waals surface area (Å²) < 4.78 is 6.20. The molecule has 1 aliphatic heterocycles. The van der Waals surface area contributed by atoms with Crippen molar-refractivity contribution in [2.75, 3.05) is 32.0 Å². The number of nitrogens with one attached hydrogen (secondary N) is 1. The van der Waals surface area contributed by atoms with Gasteiger partial charge >= 0.3 is 0 Å². The summed E-state index contributed by atoms with van der Waals surface area (Å²) in [5, 5.41) is 4.46. The molecule has 0 amide bonds. The summed E-state index contributed by atoms with van der Waals surface area (Å²) >= 11 is 0. The number of aromatic nitrogens is 1. The second-order valence-corrected chi connectivity index (χ2v) is 7.45. The van der Waals surface area contributed by atoms with Crippen LogP contribution in [-0.2, 0) is 4.79 Å². The molecule has 0 saturated carbocycles. The zero-order valence-corrected chi connectivity index (χ0v) is 16.8. The van der Waals surface area contributed by atoms with Gasteiger partial charge in [-0.05, 0) is 36.6 Å². The zero-order valence-electron chi connectivity index (χ0n) is 16.8. The number of pyridine rings is 1. The topological polar surface area (TPSA) is 54.5 Å². The summed E-state index contributed by atoms with van der Waals surface area (Å²) in [6, 6.07) is 16.5. The first-order valence-corrected chi connectivity index (χ1v) is 10.3. The Morgan fingerprint density at radius 1 is 1.14 bits per heavy atom. The number of anilines is 1. The van der Waals surface area contributed by atoms with Crippen LogP contribution >= 0.6 is 0 Å². The van der Waals surface area contributed by atoms with Crippen LogP contribution in [0, 0.1) is 0 Å². The van der Waals surface area contributed by atoms with Crippen molar-refractivity contribution in [2.45, 2.75) is 25.4 Å². The lowest BCUT2D eigenvalue weighted by Crippen LogP contribution is -2.38. The number of piperidine rings is 1. The lowest BCUT2D eigenvalue weighted by molar-refractivity contribution is -0.108. The Balaban J connectivity index is 1.45. The predicted molar refractivity (Wildman–Crippen MR) is 117 cm³/mol. The van der Waals surface area contributed by atoms with E-state index in [1.165, 1.54) is 0 Å². The largest absolute Gasteiger partial charge is 0.490 e. The average molecular weight is 389 g/mol. The first kappa shape index (κ1) is 19.4. The minimum absolute atomic E-state index is 0.239. The quantitative estimate of drug-likeness (QED) is 0.608. The molecule has 1 aromatic heterocycles. The van der Waals surface area contributed by atoms with Crippen LogP contribution in [0.4, 0.5) is 5.69 Å². The molecule has 5 heteroatoms. The number of ether oxygens (including phenoxy) is 1. The van der Waals surface area contributed by atoms with E-state index in [1.54, 1.807) is 0 Å². The summed E-state index contributed by atoms with van der Waals surface area (Å²) in [6.45, 7) is 2.84. The second kappa shape index (κ2) is 9.05. The number of hydrogen-bond acceptors (Lipinski definition) is 5. The van der Waals surface area contributed by atoms with Crippen LogP contribution in [0.1, 0.15) is 19.3 Å². The molecule has 1 fully saturated rings. The van der Waals surface area contributed by atoms with Crippen molar-refractivity contribution in [3.8, 4) is 16.9 Å². The third-order valence-electron chi connectivity index (χ3n) is 5.59. The molecule has 3 aromatic rings. The zero-order chi connectivity index (χ0) is 20.1. The first-order valence-electron chi connectivity index (χ1n) is 10.3. The average Bonchev–Trinajstić information content (AvgIpc) is 2.78. The molecule has 1 N–H and O–H groups in total. The second-order valence-electron chi connectivity index (χ2n) is 7.45. The van der Waals surface area contributed by atoms with Crippen molar-refractivity contribution < 1.29 is 9.53 Å². The van der Waals surface area contributed by atoms with E-state index >= 15 is 0 Å². The maximum atomic E-state index is 10.5. The van der Waals surface area contributed by atoms with Crippen LogP contribution in [-0.4, -0.2) is 49.0 Å². The Labute approximate surface area is 171 Å². The Hall–Kier alpha value is -2.92.